The maximum absolute atomic E-state index is 11.8. The third-order valence-corrected chi connectivity index (χ3v) is 4.46. The first-order valence-corrected chi connectivity index (χ1v) is 8.09. The molecular weight excluding hydrogens is 280 g/mol. The van der Waals surface area contributed by atoms with E-state index in [1.54, 1.807) is 7.05 Å². The van der Waals surface area contributed by atoms with Crippen LogP contribution in [0.5, 0.6) is 11.5 Å². The Morgan fingerprint density at radius 2 is 1.95 bits per heavy atom. The van der Waals surface area contributed by atoms with Crippen molar-refractivity contribution in [2.75, 3.05) is 26.8 Å². The summed E-state index contributed by atoms with van der Waals surface area (Å²) >= 11 is 0. The molecule has 1 aromatic rings. The van der Waals surface area contributed by atoms with Gasteiger partial charge in [-0.05, 0) is 30.5 Å². The van der Waals surface area contributed by atoms with Crippen molar-refractivity contribution in [3.05, 3.63) is 23.8 Å². The summed E-state index contributed by atoms with van der Waals surface area (Å²) in [5, 5.41) is 2.73. The van der Waals surface area contributed by atoms with E-state index in [2.05, 4.69) is 16.3 Å². The minimum Gasteiger partial charge on any atom is -0.486 e. The molecule has 0 bridgehead atoms. The number of ether oxygens (including phenoxy) is 2. The van der Waals surface area contributed by atoms with E-state index in [0.717, 1.165) is 18.0 Å². The van der Waals surface area contributed by atoms with Crippen LogP contribution in [0.1, 0.15) is 31.2 Å². The Balaban J connectivity index is 1.72. The van der Waals surface area contributed by atoms with Crippen LogP contribution in [-0.4, -0.2) is 43.7 Å². The van der Waals surface area contributed by atoms with Crippen LogP contribution < -0.4 is 14.8 Å². The minimum absolute atomic E-state index is 0.0736. The molecule has 0 unspecified atom stereocenters. The average molecular weight is 304 g/mol. The lowest BCUT2D eigenvalue weighted by Crippen LogP contribution is -2.40. The fourth-order valence-electron chi connectivity index (χ4n) is 3.27. The third kappa shape index (κ3) is 3.53. The largest absolute Gasteiger partial charge is 0.486 e. The summed E-state index contributed by atoms with van der Waals surface area (Å²) in [6.07, 6.45) is 4.88. The van der Waals surface area contributed by atoms with Crippen LogP contribution in [0.4, 0.5) is 0 Å². The molecule has 5 nitrogen and oxygen atoms in total. The zero-order chi connectivity index (χ0) is 15.4. The number of nitrogens with zero attached hydrogens (tertiary/aromatic N) is 1. The zero-order valence-corrected chi connectivity index (χ0v) is 13.1. The van der Waals surface area contributed by atoms with Crippen LogP contribution >= 0.6 is 0 Å². The standard InChI is InChI=1S/C17H24N2O3/c1-18-17(20)12-19(14-4-2-3-5-14)11-13-6-7-15-16(10-13)22-9-8-21-15/h6-7,10,14H,2-5,8-9,11-12H2,1H3,(H,18,20). The van der Waals surface area contributed by atoms with Crippen molar-refractivity contribution in [2.45, 2.75) is 38.3 Å². The molecule has 1 N–H and O–H groups in total. The molecule has 0 radical (unpaired) electrons. The first kappa shape index (κ1) is 15.2. The van der Waals surface area contributed by atoms with E-state index in [-0.39, 0.29) is 5.91 Å². The molecule has 1 fully saturated rings. The molecule has 1 aliphatic heterocycles. The Hall–Kier alpha value is -1.75. The Morgan fingerprint density at radius 3 is 2.68 bits per heavy atom. The second kappa shape index (κ2) is 7.01. The summed E-state index contributed by atoms with van der Waals surface area (Å²) in [6.45, 7) is 2.43. The summed E-state index contributed by atoms with van der Waals surface area (Å²) in [7, 11) is 1.69. The molecular formula is C17H24N2O3. The van der Waals surface area contributed by atoms with Crippen LogP contribution in [0, 0.1) is 0 Å². The molecule has 1 heterocycles. The maximum Gasteiger partial charge on any atom is 0.233 e. The van der Waals surface area contributed by atoms with Gasteiger partial charge in [0.25, 0.3) is 0 Å². The number of nitrogens with one attached hydrogen (secondary N) is 1. The first-order valence-electron chi connectivity index (χ1n) is 8.09. The molecule has 0 saturated heterocycles. The number of likely N-dealkylation sites (N-methyl/N-ethyl adjacent to an activating group) is 1. The molecule has 1 aromatic carbocycles. The second-order valence-electron chi connectivity index (χ2n) is 5.99. The molecule has 0 aromatic heterocycles. The van der Waals surface area contributed by atoms with Crippen molar-refractivity contribution in [2.24, 2.45) is 0 Å². The number of amides is 1. The van der Waals surface area contributed by atoms with Gasteiger partial charge in [0, 0.05) is 19.6 Å². The summed E-state index contributed by atoms with van der Waals surface area (Å²) in [6, 6.07) is 6.58. The lowest BCUT2D eigenvalue weighted by molar-refractivity contribution is -0.122. The number of hydrogen-bond donors (Lipinski definition) is 1. The Labute approximate surface area is 131 Å². The molecule has 2 aliphatic rings. The highest BCUT2D eigenvalue weighted by atomic mass is 16.6. The van der Waals surface area contributed by atoms with Crippen molar-refractivity contribution < 1.29 is 14.3 Å². The van der Waals surface area contributed by atoms with Gasteiger partial charge in [-0.3, -0.25) is 9.69 Å². The van der Waals surface area contributed by atoms with Crippen molar-refractivity contribution in [3.63, 3.8) is 0 Å². The van der Waals surface area contributed by atoms with Gasteiger partial charge in [-0.15, -0.1) is 0 Å². The predicted molar refractivity (Wildman–Crippen MR) is 84.2 cm³/mol. The third-order valence-electron chi connectivity index (χ3n) is 4.46. The van der Waals surface area contributed by atoms with Crippen LogP contribution in [0.2, 0.25) is 0 Å². The Bertz CT molecular complexity index is 527. The quantitative estimate of drug-likeness (QED) is 0.903. The molecule has 1 amide bonds. The maximum atomic E-state index is 11.8. The van der Waals surface area contributed by atoms with Gasteiger partial charge in [0.1, 0.15) is 13.2 Å². The number of benzene rings is 1. The lowest BCUT2D eigenvalue weighted by Gasteiger charge is -2.28. The summed E-state index contributed by atoms with van der Waals surface area (Å²) in [5.41, 5.74) is 1.17. The normalized spacial score (nSPS) is 17.7. The van der Waals surface area contributed by atoms with E-state index >= 15 is 0 Å². The molecule has 1 aliphatic carbocycles. The molecule has 22 heavy (non-hydrogen) atoms. The number of carbonyl (C=O) groups excluding carboxylic acids is 1. The average Bonchev–Trinajstić information content (AvgIpc) is 3.08. The van der Waals surface area contributed by atoms with Gasteiger partial charge in [0.05, 0.1) is 6.54 Å². The fraction of sp³-hybridized carbons (Fsp3) is 0.588. The molecule has 1 saturated carbocycles. The van der Waals surface area contributed by atoms with E-state index in [1.165, 1.54) is 31.2 Å². The van der Waals surface area contributed by atoms with E-state index in [9.17, 15) is 4.79 Å². The number of carbonyl (C=O) groups is 1. The number of fused-ring (bicyclic) bond motifs is 1. The summed E-state index contributed by atoms with van der Waals surface area (Å²) in [5.74, 6) is 1.70. The highest BCUT2D eigenvalue weighted by molar-refractivity contribution is 5.77. The smallest absolute Gasteiger partial charge is 0.233 e. The molecule has 3 rings (SSSR count). The number of hydrogen-bond acceptors (Lipinski definition) is 4. The molecule has 120 valence electrons. The molecule has 0 spiro atoms. The Morgan fingerprint density at radius 1 is 1.23 bits per heavy atom. The van der Waals surface area contributed by atoms with E-state index in [0.29, 0.717) is 25.8 Å². The van der Waals surface area contributed by atoms with E-state index in [4.69, 9.17) is 9.47 Å². The SMILES string of the molecule is CNC(=O)CN(Cc1ccc2c(c1)OCCO2)C1CCCC1. The first-order chi connectivity index (χ1) is 10.8. The molecule has 5 heteroatoms. The van der Waals surface area contributed by atoms with Crippen LogP contribution in [0.25, 0.3) is 0 Å². The summed E-state index contributed by atoms with van der Waals surface area (Å²) < 4.78 is 11.2. The van der Waals surface area contributed by atoms with Gasteiger partial charge in [-0.25, -0.2) is 0 Å². The van der Waals surface area contributed by atoms with Crippen LogP contribution in [0.15, 0.2) is 18.2 Å². The summed E-state index contributed by atoms with van der Waals surface area (Å²) in [4.78, 5) is 14.1. The van der Waals surface area contributed by atoms with E-state index in [1.807, 2.05) is 12.1 Å². The second-order valence-corrected chi connectivity index (χ2v) is 5.99. The molecule has 0 atom stereocenters. The van der Waals surface area contributed by atoms with Gasteiger partial charge in [0.15, 0.2) is 11.5 Å². The van der Waals surface area contributed by atoms with Gasteiger partial charge >= 0.3 is 0 Å². The topological polar surface area (TPSA) is 50.8 Å². The van der Waals surface area contributed by atoms with Crippen molar-refractivity contribution >= 4 is 5.91 Å². The zero-order valence-electron chi connectivity index (χ0n) is 13.1. The number of rotatable bonds is 5. The van der Waals surface area contributed by atoms with Gasteiger partial charge in [-0.1, -0.05) is 18.9 Å². The predicted octanol–water partition coefficient (Wildman–Crippen LogP) is 1.95. The Kier molecular flexibility index (Phi) is 4.83. The van der Waals surface area contributed by atoms with Gasteiger partial charge < -0.3 is 14.8 Å². The monoisotopic (exact) mass is 304 g/mol. The van der Waals surface area contributed by atoms with Crippen molar-refractivity contribution in [1.82, 2.24) is 10.2 Å². The highest BCUT2D eigenvalue weighted by Gasteiger charge is 2.24. The highest BCUT2D eigenvalue weighted by Crippen LogP contribution is 2.32. The van der Waals surface area contributed by atoms with Gasteiger partial charge in [0.2, 0.25) is 5.91 Å². The van der Waals surface area contributed by atoms with Crippen molar-refractivity contribution in [1.29, 1.82) is 0 Å². The van der Waals surface area contributed by atoms with Crippen LogP contribution in [0.3, 0.4) is 0 Å². The fourth-order valence-corrected chi connectivity index (χ4v) is 3.27. The van der Waals surface area contributed by atoms with Gasteiger partial charge in [-0.2, -0.15) is 0 Å². The van der Waals surface area contributed by atoms with Crippen LogP contribution in [-0.2, 0) is 11.3 Å². The minimum atomic E-state index is 0.0736. The van der Waals surface area contributed by atoms with Crippen molar-refractivity contribution in [3.8, 4) is 11.5 Å². The lowest BCUT2D eigenvalue weighted by atomic mass is 10.1. The van der Waals surface area contributed by atoms with E-state index < -0.39 is 0 Å².